The Morgan fingerprint density at radius 2 is 1.59 bits per heavy atom. The summed E-state index contributed by atoms with van der Waals surface area (Å²) in [7, 11) is -2.65. The second-order valence-corrected chi connectivity index (χ2v) is 10.7. The first kappa shape index (κ1) is 29.6. The number of ether oxygens (including phenoxy) is 1. The number of halogens is 1. The van der Waals surface area contributed by atoms with E-state index in [2.05, 4.69) is 5.32 Å². The number of nitrogens with zero attached hydrogens (tertiary/aromatic N) is 2. The van der Waals surface area contributed by atoms with Crippen molar-refractivity contribution in [3.05, 3.63) is 90.2 Å². The van der Waals surface area contributed by atoms with Gasteiger partial charge in [0.1, 0.15) is 24.2 Å². The lowest BCUT2D eigenvalue weighted by Gasteiger charge is -2.33. The summed E-state index contributed by atoms with van der Waals surface area (Å²) in [5, 5.41) is 2.83. The van der Waals surface area contributed by atoms with Gasteiger partial charge in [-0.1, -0.05) is 44.2 Å². The molecule has 0 spiro atoms. The molecule has 8 nitrogen and oxygen atoms in total. The number of carbonyl (C=O) groups excluding carboxylic acids is 2. The van der Waals surface area contributed by atoms with Crippen molar-refractivity contribution in [3.63, 3.8) is 0 Å². The quantitative estimate of drug-likeness (QED) is 0.338. The molecule has 1 atom stereocenters. The fraction of sp³-hybridized carbons (Fsp3) is 0.310. The van der Waals surface area contributed by atoms with E-state index in [1.807, 2.05) is 6.92 Å². The lowest BCUT2D eigenvalue weighted by Crippen LogP contribution is -2.52. The van der Waals surface area contributed by atoms with Crippen molar-refractivity contribution in [2.75, 3.05) is 24.5 Å². The summed E-state index contributed by atoms with van der Waals surface area (Å²) < 4.78 is 47.3. The van der Waals surface area contributed by atoms with Crippen molar-refractivity contribution in [1.29, 1.82) is 0 Å². The van der Waals surface area contributed by atoms with Crippen LogP contribution in [0.15, 0.2) is 83.8 Å². The van der Waals surface area contributed by atoms with Crippen LogP contribution in [-0.4, -0.2) is 51.4 Å². The molecule has 3 aromatic carbocycles. The number of rotatable bonds is 13. The van der Waals surface area contributed by atoms with Crippen LogP contribution in [0.1, 0.15) is 32.3 Å². The predicted octanol–water partition coefficient (Wildman–Crippen LogP) is 4.36. The molecule has 39 heavy (non-hydrogen) atoms. The molecule has 0 saturated heterocycles. The van der Waals surface area contributed by atoms with Crippen LogP contribution < -0.4 is 14.4 Å². The number of hydrogen-bond acceptors (Lipinski definition) is 5. The second-order valence-electron chi connectivity index (χ2n) is 8.89. The normalized spacial score (nSPS) is 11.9. The number of hydrogen-bond donors (Lipinski definition) is 1. The summed E-state index contributed by atoms with van der Waals surface area (Å²) in [5.74, 6) is -0.812. The van der Waals surface area contributed by atoms with Gasteiger partial charge in [-0.2, -0.15) is 0 Å². The lowest BCUT2D eigenvalue weighted by molar-refractivity contribution is -0.140. The van der Waals surface area contributed by atoms with E-state index in [4.69, 9.17) is 4.74 Å². The first-order valence-corrected chi connectivity index (χ1v) is 14.2. The highest BCUT2D eigenvalue weighted by Gasteiger charge is 2.33. The summed E-state index contributed by atoms with van der Waals surface area (Å²) in [5.41, 5.74) is 0.867. The van der Waals surface area contributed by atoms with Crippen molar-refractivity contribution in [2.45, 2.75) is 44.2 Å². The van der Waals surface area contributed by atoms with Gasteiger partial charge in [0.25, 0.3) is 10.0 Å². The summed E-state index contributed by atoms with van der Waals surface area (Å²) >= 11 is 0. The molecule has 0 bridgehead atoms. The number of carbonyl (C=O) groups is 2. The molecule has 0 radical (unpaired) electrons. The van der Waals surface area contributed by atoms with Gasteiger partial charge < -0.3 is 15.0 Å². The predicted molar refractivity (Wildman–Crippen MR) is 148 cm³/mol. The van der Waals surface area contributed by atoms with E-state index in [1.165, 1.54) is 48.4 Å². The topological polar surface area (TPSA) is 96.0 Å². The molecule has 0 saturated carbocycles. The number of nitrogens with one attached hydrogen (secondary N) is 1. The number of benzene rings is 3. The van der Waals surface area contributed by atoms with Crippen LogP contribution >= 0.6 is 0 Å². The third-order valence-electron chi connectivity index (χ3n) is 6.17. The minimum atomic E-state index is -4.15. The van der Waals surface area contributed by atoms with Gasteiger partial charge in [0.2, 0.25) is 11.8 Å². The van der Waals surface area contributed by atoms with Crippen molar-refractivity contribution >= 4 is 27.5 Å². The van der Waals surface area contributed by atoms with Gasteiger partial charge in [0.05, 0.1) is 17.7 Å². The third-order valence-corrected chi connectivity index (χ3v) is 7.96. The van der Waals surface area contributed by atoms with Crippen molar-refractivity contribution < 1.29 is 27.1 Å². The minimum Gasteiger partial charge on any atom is -0.497 e. The first-order chi connectivity index (χ1) is 18.7. The number of anilines is 1. The average molecular weight is 556 g/mol. The Balaban J connectivity index is 2.03. The highest BCUT2D eigenvalue weighted by molar-refractivity contribution is 7.92. The molecule has 208 valence electrons. The Labute approximate surface area is 229 Å². The highest BCUT2D eigenvalue weighted by atomic mass is 32.2. The maximum Gasteiger partial charge on any atom is 0.264 e. The molecular formula is C29H34FN3O5S. The van der Waals surface area contributed by atoms with Gasteiger partial charge in [-0.15, -0.1) is 0 Å². The average Bonchev–Trinajstić information content (AvgIpc) is 2.96. The maximum absolute atomic E-state index is 13.9. The molecule has 3 rings (SSSR count). The Morgan fingerprint density at radius 1 is 0.949 bits per heavy atom. The maximum atomic E-state index is 13.9. The van der Waals surface area contributed by atoms with Crippen LogP contribution in [0.4, 0.5) is 10.1 Å². The first-order valence-electron chi connectivity index (χ1n) is 12.7. The van der Waals surface area contributed by atoms with Gasteiger partial charge in [-0.05, 0) is 66.9 Å². The monoisotopic (exact) mass is 555 g/mol. The van der Waals surface area contributed by atoms with Crippen LogP contribution in [0.5, 0.6) is 5.75 Å². The van der Waals surface area contributed by atoms with Crippen molar-refractivity contribution in [2.24, 2.45) is 0 Å². The fourth-order valence-electron chi connectivity index (χ4n) is 4.07. The number of methoxy groups -OCH3 is 1. The summed E-state index contributed by atoms with van der Waals surface area (Å²) in [6, 6.07) is 18.9. The molecule has 1 N–H and O–H groups in total. The van der Waals surface area contributed by atoms with Crippen LogP contribution in [0, 0.1) is 5.82 Å². The molecule has 0 fully saturated rings. The van der Waals surface area contributed by atoms with E-state index in [-0.39, 0.29) is 23.0 Å². The number of amides is 2. The van der Waals surface area contributed by atoms with Gasteiger partial charge in [-0.3, -0.25) is 13.9 Å². The van der Waals surface area contributed by atoms with Gasteiger partial charge >= 0.3 is 0 Å². The van der Waals surface area contributed by atoms with Gasteiger partial charge in [0.15, 0.2) is 0 Å². The molecule has 2 amide bonds. The van der Waals surface area contributed by atoms with Crippen LogP contribution in [0.25, 0.3) is 0 Å². The Bertz CT molecular complexity index is 1330. The molecule has 3 aromatic rings. The largest absolute Gasteiger partial charge is 0.497 e. The zero-order valence-corrected chi connectivity index (χ0v) is 23.2. The summed E-state index contributed by atoms with van der Waals surface area (Å²) in [6.45, 7) is 3.59. The van der Waals surface area contributed by atoms with Crippen LogP contribution in [0.2, 0.25) is 0 Å². The molecular weight excluding hydrogens is 521 g/mol. The standard InChI is InChI=1S/C29H34FN3O5S/c1-4-19-31-29(35)27(5-2)32(20-22-11-13-23(30)14-12-22)28(34)21-33(24-15-17-25(38-3)18-16-24)39(36,37)26-9-7-6-8-10-26/h6-18,27H,4-5,19-21H2,1-3H3,(H,31,35)/t27-/m1/s1. The molecule has 0 aromatic heterocycles. The van der Waals surface area contributed by atoms with Gasteiger partial charge in [0, 0.05) is 13.1 Å². The van der Waals surface area contributed by atoms with E-state index in [0.717, 1.165) is 4.31 Å². The second kappa shape index (κ2) is 13.7. The Hall–Kier alpha value is -3.92. The zero-order chi connectivity index (χ0) is 28.4. The van der Waals surface area contributed by atoms with E-state index in [9.17, 15) is 22.4 Å². The minimum absolute atomic E-state index is 0.000990. The SMILES string of the molecule is CCCNC(=O)[C@@H](CC)N(Cc1ccc(F)cc1)C(=O)CN(c1ccc(OC)cc1)S(=O)(=O)c1ccccc1. The molecule has 10 heteroatoms. The van der Waals surface area contributed by atoms with Crippen LogP contribution in [0.3, 0.4) is 0 Å². The molecule has 0 aliphatic carbocycles. The highest BCUT2D eigenvalue weighted by Crippen LogP contribution is 2.26. The number of sulfonamides is 1. The van der Waals surface area contributed by atoms with E-state index >= 15 is 0 Å². The smallest absolute Gasteiger partial charge is 0.264 e. The van der Waals surface area contributed by atoms with Crippen molar-refractivity contribution in [1.82, 2.24) is 10.2 Å². The zero-order valence-electron chi connectivity index (χ0n) is 22.3. The molecule has 0 aliphatic rings. The Morgan fingerprint density at radius 3 is 2.15 bits per heavy atom. The van der Waals surface area contributed by atoms with E-state index in [0.29, 0.717) is 30.7 Å². The molecule has 0 unspecified atom stereocenters. The summed E-state index contributed by atoms with van der Waals surface area (Å²) in [4.78, 5) is 28.4. The summed E-state index contributed by atoms with van der Waals surface area (Å²) in [6.07, 6.45) is 1.02. The van der Waals surface area contributed by atoms with E-state index in [1.54, 1.807) is 49.4 Å². The van der Waals surface area contributed by atoms with Crippen LogP contribution in [-0.2, 0) is 26.2 Å². The lowest BCUT2D eigenvalue weighted by atomic mass is 10.1. The van der Waals surface area contributed by atoms with E-state index < -0.39 is 34.3 Å². The fourth-order valence-corrected chi connectivity index (χ4v) is 5.50. The van der Waals surface area contributed by atoms with Gasteiger partial charge in [-0.25, -0.2) is 12.8 Å². The third kappa shape index (κ3) is 7.57. The molecule has 0 heterocycles. The molecule has 0 aliphatic heterocycles. The Kier molecular flexibility index (Phi) is 10.4. The van der Waals surface area contributed by atoms with Crippen molar-refractivity contribution in [3.8, 4) is 5.75 Å².